The van der Waals surface area contributed by atoms with Crippen LogP contribution in [-0.2, 0) is 20.7 Å². The van der Waals surface area contributed by atoms with Crippen LogP contribution in [0.5, 0.6) is 0 Å². The second kappa shape index (κ2) is 5.96. The molecule has 5 heteroatoms. The Morgan fingerprint density at radius 3 is 2.81 bits per heavy atom. The Morgan fingerprint density at radius 1 is 1.38 bits per heavy atom. The van der Waals surface area contributed by atoms with Crippen molar-refractivity contribution in [3.63, 3.8) is 0 Å². The van der Waals surface area contributed by atoms with Crippen molar-refractivity contribution >= 4 is 17.6 Å². The average Bonchev–Trinajstić information content (AvgIpc) is 2.51. The van der Waals surface area contributed by atoms with Gasteiger partial charge in [0.15, 0.2) is 6.61 Å². The second-order valence-electron chi connectivity index (χ2n) is 5.59. The second-order valence-corrected chi connectivity index (χ2v) is 5.59. The van der Waals surface area contributed by atoms with Crippen LogP contribution >= 0.6 is 0 Å². The summed E-state index contributed by atoms with van der Waals surface area (Å²) in [4.78, 5) is 25.6. The maximum Gasteiger partial charge on any atom is 0.326 e. The lowest BCUT2D eigenvalue weighted by atomic mass is 9.96. The lowest BCUT2D eigenvalue weighted by Crippen LogP contribution is -2.39. The zero-order valence-electron chi connectivity index (χ0n) is 12.3. The van der Waals surface area contributed by atoms with Crippen LogP contribution in [-0.4, -0.2) is 25.0 Å². The zero-order chi connectivity index (χ0) is 15.5. The molecule has 2 rings (SSSR count). The zero-order valence-corrected chi connectivity index (χ0v) is 12.3. The maximum absolute atomic E-state index is 12.2. The van der Waals surface area contributed by atoms with Crippen LogP contribution in [0.4, 0.5) is 5.69 Å². The fourth-order valence-corrected chi connectivity index (χ4v) is 2.22. The molecule has 1 aliphatic heterocycles. The number of ether oxygens (including phenoxy) is 1. The predicted molar refractivity (Wildman–Crippen MR) is 77.5 cm³/mol. The molecule has 0 N–H and O–H groups in total. The number of carbonyl (C=O) groups is 2. The number of esters is 1. The summed E-state index contributed by atoms with van der Waals surface area (Å²) >= 11 is 0. The van der Waals surface area contributed by atoms with Gasteiger partial charge < -0.3 is 9.64 Å². The molecule has 1 aromatic carbocycles. The third-order valence-electron chi connectivity index (χ3n) is 3.53. The number of fused-ring (bicyclic) bond motifs is 1. The minimum Gasteiger partial charge on any atom is -0.454 e. The van der Waals surface area contributed by atoms with Gasteiger partial charge in [-0.05, 0) is 38.3 Å². The molecule has 0 aromatic heterocycles. The van der Waals surface area contributed by atoms with Crippen LogP contribution in [0, 0.1) is 16.7 Å². The van der Waals surface area contributed by atoms with Crippen LogP contribution in [0.2, 0.25) is 0 Å². The van der Waals surface area contributed by atoms with Gasteiger partial charge in [-0.25, -0.2) is 0 Å². The number of hydrogen-bond acceptors (Lipinski definition) is 4. The molecule has 5 nitrogen and oxygen atoms in total. The lowest BCUT2D eigenvalue weighted by molar-refractivity contribution is -0.154. The van der Waals surface area contributed by atoms with Crippen molar-refractivity contribution in [2.24, 2.45) is 5.41 Å². The van der Waals surface area contributed by atoms with Crippen LogP contribution in [0.25, 0.3) is 0 Å². The number of rotatable bonds is 3. The number of aryl methyl sites for hydroxylation is 1. The lowest BCUT2D eigenvalue weighted by Gasteiger charge is -2.29. The number of carbonyl (C=O) groups excluding carboxylic acids is 2. The monoisotopic (exact) mass is 286 g/mol. The van der Waals surface area contributed by atoms with E-state index in [1.54, 1.807) is 4.90 Å². The van der Waals surface area contributed by atoms with Crippen molar-refractivity contribution in [2.45, 2.75) is 26.7 Å². The number of benzene rings is 1. The highest BCUT2D eigenvalue weighted by molar-refractivity contribution is 5.96. The van der Waals surface area contributed by atoms with E-state index in [1.807, 2.05) is 30.3 Å². The van der Waals surface area contributed by atoms with Crippen molar-refractivity contribution in [3.8, 4) is 6.07 Å². The molecule has 0 unspecified atom stereocenters. The predicted octanol–water partition coefficient (Wildman–Crippen LogP) is 2.06. The minimum absolute atomic E-state index is 0.260. The van der Waals surface area contributed by atoms with E-state index in [0.29, 0.717) is 6.54 Å². The first-order valence-electron chi connectivity index (χ1n) is 6.92. The van der Waals surface area contributed by atoms with Gasteiger partial charge in [0.2, 0.25) is 0 Å². The maximum atomic E-state index is 12.2. The van der Waals surface area contributed by atoms with E-state index in [0.717, 1.165) is 24.1 Å². The minimum atomic E-state index is -1.24. The summed E-state index contributed by atoms with van der Waals surface area (Å²) in [5.74, 6) is -0.937. The van der Waals surface area contributed by atoms with Gasteiger partial charge >= 0.3 is 5.97 Å². The molecule has 0 radical (unpaired) electrons. The first-order chi connectivity index (χ1) is 9.95. The van der Waals surface area contributed by atoms with Crippen molar-refractivity contribution in [1.82, 2.24) is 0 Å². The van der Waals surface area contributed by atoms with Crippen LogP contribution in [0.3, 0.4) is 0 Å². The van der Waals surface area contributed by atoms with Crippen LogP contribution < -0.4 is 4.90 Å². The Hall–Kier alpha value is -2.35. The van der Waals surface area contributed by atoms with E-state index >= 15 is 0 Å². The molecule has 0 spiro atoms. The van der Waals surface area contributed by atoms with Crippen molar-refractivity contribution in [3.05, 3.63) is 29.8 Å². The van der Waals surface area contributed by atoms with Crippen LogP contribution in [0.15, 0.2) is 24.3 Å². The largest absolute Gasteiger partial charge is 0.454 e. The fraction of sp³-hybridized carbons (Fsp3) is 0.438. The summed E-state index contributed by atoms with van der Waals surface area (Å²) in [5, 5.41) is 8.86. The first kappa shape index (κ1) is 15.0. The van der Waals surface area contributed by atoms with Crippen molar-refractivity contribution < 1.29 is 14.3 Å². The highest BCUT2D eigenvalue weighted by Gasteiger charge is 2.31. The van der Waals surface area contributed by atoms with Gasteiger partial charge in [0.25, 0.3) is 5.91 Å². The Labute approximate surface area is 124 Å². The summed E-state index contributed by atoms with van der Waals surface area (Å²) in [5.41, 5.74) is 0.769. The van der Waals surface area contributed by atoms with E-state index in [4.69, 9.17) is 10.00 Å². The SMILES string of the molecule is CC(C)(C#N)C(=O)OCC(=O)N1CCCc2ccccc21. The first-order valence-corrected chi connectivity index (χ1v) is 6.92. The van der Waals surface area contributed by atoms with E-state index in [2.05, 4.69) is 0 Å². The number of nitrogens with zero attached hydrogens (tertiary/aromatic N) is 2. The molecule has 1 aromatic rings. The van der Waals surface area contributed by atoms with Crippen molar-refractivity contribution in [2.75, 3.05) is 18.1 Å². The topological polar surface area (TPSA) is 70.4 Å². The van der Waals surface area contributed by atoms with Gasteiger partial charge in [-0.2, -0.15) is 5.26 Å². The summed E-state index contributed by atoms with van der Waals surface area (Å²) in [6, 6.07) is 9.59. The smallest absolute Gasteiger partial charge is 0.326 e. The molecule has 0 saturated carbocycles. The van der Waals surface area contributed by atoms with Gasteiger partial charge in [-0.1, -0.05) is 18.2 Å². The molecule has 1 heterocycles. The van der Waals surface area contributed by atoms with Gasteiger partial charge in [-0.15, -0.1) is 0 Å². The van der Waals surface area contributed by atoms with Gasteiger partial charge in [0.05, 0.1) is 6.07 Å². The van der Waals surface area contributed by atoms with Crippen LogP contribution in [0.1, 0.15) is 25.8 Å². The number of nitriles is 1. The Balaban J connectivity index is 2.03. The summed E-state index contributed by atoms with van der Waals surface area (Å²) < 4.78 is 4.98. The molecular weight excluding hydrogens is 268 g/mol. The standard InChI is InChI=1S/C16H18N2O3/c1-16(2,11-17)15(20)21-10-14(19)18-9-5-7-12-6-3-4-8-13(12)18/h3-4,6,8H,5,7,9-10H2,1-2H3. The third-order valence-corrected chi connectivity index (χ3v) is 3.53. The molecule has 0 fully saturated rings. The molecule has 1 aliphatic rings. The highest BCUT2D eigenvalue weighted by atomic mass is 16.5. The molecular formula is C16H18N2O3. The Morgan fingerprint density at radius 2 is 2.10 bits per heavy atom. The highest BCUT2D eigenvalue weighted by Crippen LogP contribution is 2.26. The molecule has 21 heavy (non-hydrogen) atoms. The molecule has 1 amide bonds. The number of para-hydroxylation sites is 1. The van der Waals surface area contributed by atoms with E-state index in [-0.39, 0.29) is 12.5 Å². The number of anilines is 1. The third kappa shape index (κ3) is 3.22. The van der Waals surface area contributed by atoms with Crippen molar-refractivity contribution in [1.29, 1.82) is 5.26 Å². The molecule has 0 saturated heterocycles. The van der Waals surface area contributed by atoms with Gasteiger partial charge in [-0.3, -0.25) is 9.59 Å². The molecule has 110 valence electrons. The summed E-state index contributed by atoms with van der Waals surface area (Å²) in [7, 11) is 0. The van der Waals surface area contributed by atoms with E-state index < -0.39 is 11.4 Å². The molecule has 0 atom stereocenters. The summed E-state index contributed by atoms with van der Waals surface area (Å²) in [6.45, 7) is 3.22. The average molecular weight is 286 g/mol. The summed E-state index contributed by atoms with van der Waals surface area (Å²) in [6.07, 6.45) is 1.83. The number of amides is 1. The van der Waals surface area contributed by atoms with E-state index in [1.165, 1.54) is 13.8 Å². The molecule has 0 aliphatic carbocycles. The van der Waals surface area contributed by atoms with Gasteiger partial charge in [0, 0.05) is 12.2 Å². The fourth-order valence-electron chi connectivity index (χ4n) is 2.22. The normalized spacial score (nSPS) is 14.0. The van der Waals surface area contributed by atoms with E-state index in [9.17, 15) is 9.59 Å². The Kier molecular flexibility index (Phi) is 4.27. The molecule has 0 bridgehead atoms. The quantitative estimate of drug-likeness (QED) is 0.797. The Bertz CT molecular complexity index is 602. The van der Waals surface area contributed by atoms with Gasteiger partial charge in [0.1, 0.15) is 5.41 Å². The number of hydrogen-bond donors (Lipinski definition) is 0.